The van der Waals surface area contributed by atoms with Gasteiger partial charge >= 0.3 is 0 Å². The zero-order valence-corrected chi connectivity index (χ0v) is 7.97. The zero-order chi connectivity index (χ0) is 9.97. The maximum Gasteiger partial charge on any atom is 0.223 e. The fourth-order valence-corrected chi connectivity index (χ4v) is 1.41. The van der Waals surface area contributed by atoms with Crippen LogP contribution in [-0.4, -0.2) is 0 Å². The van der Waals surface area contributed by atoms with Gasteiger partial charge in [-0.05, 0) is 24.6 Å². The van der Waals surface area contributed by atoms with Crippen molar-refractivity contribution in [2.45, 2.75) is 6.92 Å². The molecule has 0 radical (unpaired) electrons. The third-order valence-electron chi connectivity index (χ3n) is 2.14. The fourth-order valence-electron chi connectivity index (χ4n) is 1.41. The van der Waals surface area contributed by atoms with Crippen LogP contribution in [0.1, 0.15) is 5.56 Å². The zero-order valence-electron chi connectivity index (χ0n) is 7.97. The molecular weight excluding hydrogens is 174 g/mol. The van der Waals surface area contributed by atoms with Crippen molar-refractivity contribution in [1.82, 2.24) is 0 Å². The minimum atomic E-state index is 0.700. The van der Waals surface area contributed by atoms with Crippen LogP contribution in [0.5, 0.6) is 0 Å². The van der Waals surface area contributed by atoms with Gasteiger partial charge in [-0.2, -0.15) is 4.73 Å². The largest absolute Gasteiger partial charge is 0.618 e. The topological polar surface area (TPSA) is 26.9 Å². The Morgan fingerprint density at radius 1 is 1.07 bits per heavy atom. The van der Waals surface area contributed by atoms with Crippen LogP contribution in [0.2, 0.25) is 0 Å². The standard InChI is InChI=1S/C12H11NO/c1-10-7-8-13(14)12(9-10)11-5-3-2-4-6-11/h2-9H,1H3. The highest BCUT2D eigenvalue weighted by Gasteiger charge is 2.06. The van der Waals surface area contributed by atoms with Crippen LogP contribution in [0.3, 0.4) is 0 Å². The molecule has 0 saturated carbocycles. The number of hydrogen-bond donors (Lipinski definition) is 0. The molecule has 0 aliphatic carbocycles. The summed E-state index contributed by atoms with van der Waals surface area (Å²) in [6.45, 7) is 1.98. The lowest BCUT2D eigenvalue weighted by Gasteiger charge is -2.04. The molecule has 0 unspecified atom stereocenters. The van der Waals surface area contributed by atoms with Crippen LogP contribution in [0.25, 0.3) is 11.3 Å². The van der Waals surface area contributed by atoms with Crippen LogP contribution < -0.4 is 4.73 Å². The molecule has 2 nitrogen and oxygen atoms in total. The van der Waals surface area contributed by atoms with Crippen molar-refractivity contribution >= 4 is 0 Å². The van der Waals surface area contributed by atoms with Gasteiger partial charge in [-0.25, -0.2) is 0 Å². The van der Waals surface area contributed by atoms with E-state index >= 15 is 0 Å². The molecule has 1 heterocycles. The summed E-state index contributed by atoms with van der Waals surface area (Å²) in [5, 5.41) is 11.5. The second-order valence-electron chi connectivity index (χ2n) is 3.28. The third-order valence-corrected chi connectivity index (χ3v) is 2.14. The molecule has 1 aromatic carbocycles. The van der Waals surface area contributed by atoms with Crippen molar-refractivity contribution in [1.29, 1.82) is 0 Å². The molecule has 14 heavy (non-hydrogen) atoms. The lowest BCUT2D eigenvalue weighted by molar-refractivity contribution is -0.593. The van der Waals surface area contributed by atoms with Gasteiger partial charge in [0.05, 0.1) is 0 Å². The minimum Gasteiger partial charge on any atom is -0.618 e. The van der Waals surface area contributed by atoms with Crippen molar-refractivity contribution in [3.05, 3.63) is 59.4 Å². The lowest BCUT2D eigenvalue weighted by atomic mass is 10.1. The predicted octanol–water partition coefficient (Wildman–Crippen LogP) is 2.30. The molecule has 0 atom stereocenters. The van der Waals surface area contributed by atoms with Crippen molar-refractivity contribution in [3.63, 3.8) is 0 Å². The number of aryl methyl sites for hydroxylation is 1. The SMILES string of the molecule is Cc1cc[n+]([O-])c(-c2ccccc2)c1. The molecule has 70 valence electrons. The number of nitrogens with zero attached hydrogens (tertiary/aromatic N) is 1. The molecule has 0 spiro atoms. The summed E-state index contributed by atoms with van der Waals surface area (Å²) in [7, 11) is 0. The first-order valence-electron chi connectivity index (χ1n) is 4.52. The number of rotatable bonds is 1. The average molecular weight is 185 g/mol. The average Bonchev–Trinajstić information content (AvgIpc) is 2.23. The van der Waals surface area contributed by atoms with E-state index in [9.17, 15) is 5.21 Å². The number of benzene rings is 1. The molecule has 0 saturated heterocycles. The predicted molar refractivity (Wildman–Crippen MR) is 55.6 cm³/mol. The van der Waals surface area contributed by atoms with Crippen molar-refractivity contribution in [2.24, 2.45) is 0 Å². The molecule has 0 fully saturated rings. The summed E-state index contributed by atoms with van der Waals surface area (Å²) in [6, 6.07) is 13.4. The summed E-state index contributed by atoms with van der Waals surface area (Å²) in [5.74, 6) is 0. The first-order chi connectivity index (χ1) is 6.77. The highest BCUT2D eigenvalue weighted by Crippen LogP contribution is 2.15. The van der Waals surface area contributed by atoms with Gasteiger partial charge in [-0.3, -0.25) is 0 Å². The molecule has 0 amide bonds. The van der Waals surface area contributed by atoms with Gasteiger partial charge in [0.1, 0.15) is 0 Å². The van der Waals surface area contributed by atoms with E-state index in [-0.39, 0.29) is 0 Å². The minimum absolute atomic E-state index is 0.700. The monoisotopic (exact) mass is 185 g/mol. The second-order valence-corrected chi connectivity index (χ2v) is 3.28. The van der Waals surface area contributed by atoms with Crippen LogP contribution in [-0.2, 0) is 0 Å². The first-order valence-corrected chi connectivity index (χ1v) is 4.52. The normalized spacial score (nSPS) is 10.1. The van der Waals surface area contributed by atoms with Gasteiger partial charge < -0.3 is 5.21 Å². The molecule has 1 aromatic heterocycles. The van der Waals surface area contributed by atoms with E-state index in [1.54, 1.807) is 6.07 Å². The fraction of sp³-hybridized carbons (Fsp3) is 0.0833. The molecule has 0 bridgehead atoms. The molecule has 0 aliphatic heterocycles. The molecule has 2 heteroatoms. The third kappa shape index (κ3) is 1.59. The first kappa shape index (κ1) is 8.75. The number of aromatic nitrogens is 1. The molecule has 0 aliphatic rings. The van der Waals surface area contributed by atoms with Crippen LogP contribution in [0, 0.1) is 12.1 Å². The van der Waals surface area contributed by atoms with Crippen LogP contribution >= 0.6 is 0 Å². The van der Waals surface area contributed by atoms with E-state index in [4.69, 9.17) is 0 Å². The molecular formula is C12H11NO. The summed E-state index contributed by atoms with van der Waals surface area (Å²) in [6.07, 6.45) is 1.54. The van der Waals surface area contributed by atoms with Gasteiger partial charge in [-0.15, -0.1) is 0 Å². The van der Waals surface area contributed by atoms with E-state index < -0.39 is 0 Å². The maximum atomic E-state index is 11.5. The smallest absolute Gasteiger partial charge is 0.223 e. The Morgan fingerprint density at radius 3 is 2.50 bits per heavy atom. The van der Waals surface area contributed by atoms with Crippen molar-refractivity contribution in [2.75, 3.05) is 0 Å². The van der Waals surface area contributed by atoms with Crippen molar-refractivity contribution < 1.29 is 4.73 Å². The Balaban J connectivity index is 2.57. The Hall–Kier alpha value is -1.83. The summed E-state index contributed by atoms with van der Waals surface area (Å²) < 4.78 is 0.891. The van der Waals surface area contributed by atoms with E-state index in [1.807, 2.05) is 43.3 Å². The molecule has 2 rings (SSSR count). The number of hydrogen-bond acceptors (Lipinski definition) is 1. The van der Waals surface area contributed by atoms with Crippen LogP contribution in [0.15, 0.2) is 48.7 Å². The molecule has 0 N–H and O–H groups in total. The number of pyridine rings is 1. The van der Waals surface area contributed by atoms with Gasteiger partial charge in [0.2, 0.25) is 5.69 Å². The Morgan fingerprint density at radius 2 is 1.79 bits per heavy atom. The van der Waals surface area contributed by atoms with E-state index in [1.165, 1.54) is 6.20 Å². The molecule has 2 aromatic rings. The summed E-state index contributed by atoms with van der Waals surface area (Å²) in [4.78, 5) is 0. The summed E-state index contributed by atoms with van der Waals surface area (Å²) >= 11 is 0. The van der Waals surface area contributed by atoms with Gasteiger partial charge in [0.25, 0.3) is 0 Å². The quantitative estimate of drug-likeness (QED) is 0.494. The summed E-state index contributed by atoms with van der Waals surface area (Å²) in [5.41, 5.74) is 2.74. The Kier molecular flexibility index (Phi) is 2.19. The maximum absolute atomic E-state index is 11.5. The highest BCUT2D eigenvalue weighted by atomic mass is 16.5. The van der Waals surface area contributed by atoms with E-state index in [2.05, 4.69) is 0 Å². The van der Waals surface area contributed by atoms with Gasteiger partial charge in [0, 0.05) is 17.7 Å². The Bertz CT molecular complexity index is 437. The second kappa shape index (κ2) is 3.50. The van der Waals surface area contributed by atoms with Crippen molar-refractivity contribution in [3.8, 4) is 11.3 Å². The Labute approximate surface area is 83.0 Å². The van der Waals surface area contributed by atoms with E-state index in [0.29, 0.717) is 5.69 Å². The van der Waals surface area contributed by atoms with Gasteiger partial charge in [-0.1, -0.05) is 18.2 Å². The highest BCUT2D eigenvalue weighted by molar-refractivity contribution is 5.56. The lowest BCUT2D eigenvalue weighted by Crippen LogP contribution is -2.28. The van der Waals surface area contributed by atoms with E-state index in [0.717, 1.165) is 15.9 Å². The van der Waals surface area contributed by atoms with Crippen LogP contribution in [0.4, 0.5) is 0 Å². The van der Waals surface area contributed by atoms with Gasteiger partial charge in [0.15, 0.2) is 6.20 Å².